The van der Waals surface area contributed by atoms with E-state index < -0.39 is 5.91 Å². The molecular formula is C20H23N3O5. The van der Waals surface area contributed by atoms with Crippen LogP contribution in [0.25, 0.3) is 0 Å². The Labute approximate surface area is 163 Å². The molecule has 0 saturated carbocycles. The number of carbonyl (C=O) groups is 2. The Morgan fingerprint density at radius 2 is 1.86 bits per heavy atom. The molecule has 2 amide bonds. The predicted octanol–water partition coefficient (Wildman–Crippen LogP) is 2.57. The normalized spacial score (nSPS) is 10.7. The van der Waals surface area contributed by atoms with Crippen molar-refractivity contribution in [3.05, 3.63) is 53.6 Å². The first kappa shape index (κ1) is 20.8. The maximum atomic E-state index is 11.9. The number of nitrogens with one attached hydrogen (secondary N) is 1. The van der Waals surface area contributed by atoms with Gasteiger partial charge in [-0.2, -0.15) is 0 Å². The number of nitrogens with two attached hydrogens (primary N) is 1. The number of hydrogen-bond acceptors (Lipinski definition) is 6. The predicted molar refractivity (Wildman–Crippen MR) is 106 cm³/mol. The van der Waals surface area contributed by atoms with Crippen molar-refractivity contribution in [1.29, 1.82) is 0 Å². The van der Waals surface area contributed by atoms with E-state index in [0.29, 0.717) is 22.7 Å². The summed E-state index contributed by atoms with van der Waals surface area (Å²) in [7, 11) is 1.56. The quantitative estimate of drug-likeness (QED) is 0.509. The number of anilines is 1. The molecule has 0 fully saturated rings. The van der Waals surface area contributed by atoms with Crippen LogP contribution in [0.4, 0.5) is 5.69 Å². The number of methoxy groups -OCH3 is 1. The molecule has 2 rings (SSSR count). The van der Waals surface area contributed by atoms with E-state index in [4.69, 9.17) is 20.0 Å². The van der Waals surface area contributed by atoms with Crippen LogP contribution in [0.2, 0.25) is 0 Å². The molecule has 0 spiro atoms. The molecule has 0 aliphatic carbocycles. The highest BCUT2D eigenvalue weighted by Gasteiger charge is 2.07. The second-order valence-corrected chi connectivity index (χ2v) is 6.07. The van der Waals surface area contributed by atoms with Crippen LogP contribution in [-0.4, -0.2) is 37.8 Å². The lowest BCUT2D eigenvalue weighted by Crippen LogP contribution is -2.17. The highest BCUT2D eigenvalue weighted by atomic mass is 16.6. The number of oxime groups is 1. The molecule has 8 heteroatoms. The third-order valence-electron chi connectivity index (χ3n) is 3.48. The van der Waals surface area contributed by atoms with Gasteiger partial charge in [0, 0.05) is 16.8 Å². The first-order valence-electron chi connectivity index (χ1n) is 8.58. The van der Waals surface area contributed by atoms with Gasteiger partial charge >= 0.3 is 0 Å². The molecule has 148 valence electrons. The minimum Gasteiger partial charge on any atom is -0.493 e. The van der Waals surface area contributed by atoms with Crippen LogP contribution in [0.5, 0.6) is 11.5 Å². The van der Waals surface area contributed by atoms with E-state index in [1.54, 1.807) is 37.4 Å². The van der Waals surface area contributed by atoms with Gasteiger partial charge in [0.05, 0.1) is 19.4 Å². The van der Waals surface area contributed by atoms with Crippen molar-refractivity contribution in [3.8, 4) is 11.5 Å². The Balaban J connectivity index is 1.85. The summed E-state index contributed by atoms with van der Waals surface area (Å²) in [5.74, 6) is 0.297. The maximum absolute atomic E-state index is 11.9. The average molecular weight is 385 g/mol. The van der Waals surface area contributed by atoms with Crippen LogP contribution in [0, 0.1) is 0 Å². The lowest BCUT2D eigenvalue weighted by atomic mass is 10.2. The zero-order valence-corrected chi connectivity index (χ0v) is 16.0. The molecule has 3 N–H and O–H groups in total. The van der Waals surface area contributed by atoms with Gasteiger partial charge in [-0.3, -0.25) is 9.59 Å². The molecule has 0 radical (unpaired) electrons. The van der Waals surface area contributed by atoms with Gasteiger partial charge in [0.1, 0.15) is 0 Å². The van der Waals surface area contributed by atoms with E-state index in [1.807, 2.05) is 13.8 Å². The summed E-state index contributed by atoms with van der Waals surface area (Å²) >= 11 is 0. The molecular weight excluding hydrogens is 362 g/mol. The topological polar surface area (TPSA) is 112 Å². The fraction of sp³-hybridized carbons (Fsp3) is 0.250. The van der Waals surface area contributed by atoms with Gasteiger partial charge in [-0.25, -0.2) is 0 Å². The molecule has 0 saturated heterocycles. The Morgan fingerprint density at radius 3 is 2.46 bits per heavy atom. The van der Waals surface area contributed by atoms with Gasteiger partial charge in [0.25, 0.3) is 5.91 Å². The minimum absolute atomic E-state index is 0.0299. The van der Waals surface area contributed by atoms with Crippen molar-refractivity contribution in [2.24, 2.45) is 10.9 Å². The number of nitrogens with zero attached hydrogens (tertiary/aromatic N) is 1. The fourth-order valence-corrected chi connectivity index (χ4v) is 2.22. The van der Waals surface area contributed by atoms with Crippen molar-refractivity contribution in [2.75, 3.05) is 19.0 Å². The number of hydrogen-bond donors (Lipinski definition) is 2. The molecule has 0 aliphatic heterocycles. The van der Waals surface area contributed by atoms with Gasteiger partial charge in [-0.1, -0.05) is 5.16 Å². The van der Waals surface area contributed by atoms with E-state index in [-0.39, 0.29) is 18.6 Å². The van der Waals surface area contributed by atoms with Crippen molar-refractivity contribution < 1.29 is 23.9 Å². The molecule has 2 aromatic rings. The van der Waals surface area contributed by atoms with Crippen molar-refractivity contribution in [2.45, 2.75) is 20.0 Å². The van der Waals surface area contributed by atoms with Crippen LogP contribution >= 0.6 is 0 Å². The van der Waals surface area contributed by atoms with E-state index in [9.17, 15) is 9.59 Å². The third-order valence-corrected chi connectivity index (χ3v) is 3.48. The third kappa shape index (κ3) is 6.31. The summed E-state index contributed by atoms with van der Waals surface area (Å²) in [5.41, 5.74) is 6.78. The Morgan fingerprint density at radius 1 is 1.14 bits per heavy atom. The van der Waals surface area contributed by atoms with Gasteiger partial charge in [-0.05, 0) is 56.3 Å². The lowest BCUT2D eigenvalue weighted by Gasteiger charge is -2.13. The molecule has 0 heterocycles. The standard InChI is InChI=1S/C20H23N3O5/c1-13(2)28-17-9-4-14(10-18(17)26-3)11-22-27-12-19(24)23-16-7-5-15(6-8-16)20(21)25/h4-11,13H,12H2,1-3H3,(H2,21,25)(H,23,24)/b22-11-. The highest BCUT2D eigenvalue weighted by Crippen LogP contribution is 2.28. The van der Waals surface area contributed by atoms with Crippen LogP contribution in [0.1, 0.15) is 29.8 Å². The minimum atomic E-state index is -0.532. The number of ether oxygens (including phenoxy) is 2. The molecule has 8 nitrogen and oxygen atoms in total. The Hall–Kier alpha value is -3.55. The van der Waals surface area contributed by atoms with Crippen molar-refractivity contribution in [1.82, 2.24) is 0 Å². The van der Waals surface area contributed by atoms with Crippen LogP contribution in [0.3, 0.4) is 0 Å². The van der Waals surface area contributed by atoms with Crippen LogP contribution < -0.4 is 20.5 Å². The summed E-state index contributed by atoms with van der Waals surface area (Å²) in [6.45, 7) is 3.60. The summed E-state index contributed by atoms with van der Waals surface area (Å²) in [6.07, 6.45) is 1.50. The van der Waals surface area contributed by atoms with Gasteiger partial charge < -0.3 is 25.4 Å². The summed E-state index contributed by atoms with van der Waals surface area (Å²) in [6, 6.07) is 11.5. The van der Waals surface area contributed by atoms with E-state index in [1.165, 1.54) is 18.3 Å². The highest BCUT2D eigenvalue weighted by molar-refractivity contribution is 5.95. The molecule has 2 aromatic carbocycles. The van der Waals surface area contributed by atoms with Gasteiger partial charge in [-0.15, -0.1) is 0 Å². The smallest absolute Gasteiger partial charge is 0.265 e. The molecule has 0 bridgehead atoms. The molecule has 28 heavy (non-hydrogen) atoms. The monoisotopic (exact) mass is 385 g/mol. The van der Waals surface area contributed by atoms with Crippen molar-refractivity contribution in [3.63, 3.8) is 0 Å². The largest absolute Gasteiger partial charge is 0.493 e. The maximum Gasteiger partial charge on any atom is 0.265 e. The molecule has 0 aromatic heterocycles. The number of primary amides is 1. The number of rotatable bonds is 9. The van der Waals surface area contributed by atoms with E-state index in [0.717, 1.165) is 5.56 Å². The van der Waals surface area contributed by atoms with Crippen LogP contribution in [0.15, 0.2) is 47.6 Å². The fourth-order valence-electron chi connectivity index (χ4n) is 2.22. The number of benzene rings is 2. The summed E-state index contributed by atoms with van der Waals surface area (Å²) in [4.78, 5) is 27.9. The first-order chi connectivity index (χ1) is 13.4. The molecule has 0 aliphatic rings. The second kappa shape index (κ2) is 9.96. The number of amides is 2. The first-order valence-corrected chi connectivity index (χ1v) is 8.58. The van der Waals surface area contributed by atoms with Gasteiger partial charge in [0.2, 0.25) is 5.91 Å². The second-order valence-electron chi connectivity index (χ2n) is 6.07. The number of carbonyl (C=O) groups excluding carboxylic acids is 2. The zero-order valence-electron chi connectivity index (χ0n) is 16.0. The summed E-state index contributed by atoms with van der Waals surface area (Å²) in [5, 5.41) is 6.41. The zero-order chi connectivity index (χ0) is 20.5. The SMILES string of the molecule is COc1cc(/C=N\OCC(=O)Nc2ccc(C(N)=O)cc2)ccc1OC(C)C. The lowest BCUT2D eigenvalue weighted by molar-refractivity contribution is -0.120. The summed E-state index contributed by atoms with van der Waals surface area (Å²) < 4.78 is 10.9. The Bertz CT molecular complexity index is 847. The van der Waals surface area contributed by atoms with Gasteiger partial charge in [0.15, 0.2) is 18.1 Å². The van der Waals surface area contributed by atoms with E-state index in [2.05, 4.69) is 10.5 Å². The molecule has 0 unspecified atom stereocenters. The molecule has 0 atom stereocenters. The van der Waals surface area contributed by atoms with Crippen LogP contribution in [-0.2, 0) is 9.63 Å². The van der Waals surface area contributed by atoms with Crippen molar-refractivity contribution >= 4 is 23.7 Å². The van der Waals surface area contributed by atoms with E-state index >= 15 is 0 Å². The Kier molecular flexibility index (Phi) is 7.38. The average Bonchev–Trinajstić information content (AvgIpc) is 2.66.